The predicted molar refractivity (Wildman–Crippen MR) is 103 cm³/mol. The van der Waals surface area contributed by atoms with E-state index in [0.29, 0.717) is 12.0 Å². The standard InChI is InChI=1S/C21H25N3O3/c1-14-10-12-23(13-11-14)21(27)17-4-6-18(7-5-17)24-16(3)19(15(2)22-24)8-9-20(25)26/h4-7H,1,8-13H2,2-3H3,(H,25,26). The van der Waals surface area contributed by atoms with Crippen LogP contribution in [-0.4, -0.2) is 44.8 Å². The summed E-state index contributed by atoms with van der Waals surface area (Å²) in [6, 6.07) is 7.43. The highest BCUT2D eigenvalue weighted by molar-refractivity contribution is 5.94. The summed E-state index contributed by atoms with van der Waals surface area (Å²) in [6.07, 6.45) is 2.29. The lowest BCUT2D eigenvalue weighted by Gasteiger charge is -2.28. The van der Waals surface area contributed by atoms with Crippen LogP contribution < -0.4 is 0 Å². The van der Waals surface area contributed by atoms with Gasteiger partial charge in [-0.1, -0.05) is 12.2 Å². The molecule has 1 N–H and O–H groups in total. The molecule has 6 nitrogen and oxygen atoms in total. The first-order valence-electron chi connectivity index (χ1n) is 9.20. The number of aryl methyl sites for hydroxylation is 1. The molecule has 0 spiro atoms. The van der Waals surface area contributed by atoms with Gasteiger partial charge in [0.15, 0.2) is 0 Å². The van der Waals surface area contributed by atoms with Gasteiger partial charge in [0.05, 0.1) is 11.4 Å². The summed E-state index contributed by atoms with van der Waals surface area (Å²) in [7, 11) is 0. The van der Waals surface area contributed by atoms with Crippen molar-refractivity contribution in [3.63, 3.8) is 0 Å². The molecule has 3 rings (SSSR count). The van der Waals surface area contributed by atoms with Crippen LogP contribution in [0.3, 0.4) is 0 Å². The first kappa shape index (κ1) is 18.9. The van der Waals surface area contributed by atoms with Crippen molar-refractivity contribution < 1.29 is 14.7 Å². The van der Waals surface area contributed by atoms with Crippen LogP contribution in [0.25, 0.3) is 5.69 Å². The van der Waals surface area contributed by atoms with Crippen molar-refractivity contribution in [3.05, 3.63) is 58.9 Å². The molecule has 0 aliphatic carbocycles. The van der Waals surface area contributed by atoms with Crippen LogP contribution in [-0.2, 0) is 11.2 Å². The molecule has 2 heterocycles. The van der Waals surface area contributed by atoms with E-state index >= 15 is 0 Å². The number of aromatic nitrogens is 2. The molecule has 1 aliphatic heterocycles. The Morgan fingerprint density at radius 2 is 1.78 bits per heavy atom. The van der Waals surface area contributed by atoms with Crippen LogP contribution >= 0.6 is 0 Å². The summed E-state index contributed by atoms with van der Waals surface area (Å²) >= 11 is 0. The summed E-state index contributed by atoms with van der Waals surface area (Å²) in [5.41, 5.74) is 5.47. The van der Waals surface area contributed by atoms with Crippen molar-refractivity contribution in [2.45, 2.75) is 39.5 Å². The maximum Gasteiger partial charge on any atom is 0.303 e. The minimum Gasteiger partial charge on any atom is -0.481 e. The summed E-state index contributed by atoms with van der Waals surface area (Å²) in [5, 5.41) is 13.5. The van der Waals surface area contributed by atoms with Crippen LogP contribution in [0.15, 0.2) is 36.4 Å². The number of likely N-dealkylation sites (tertiary alicyclic amines) is 1. The van der Waals surface area contributed by atoms with Gasteiger partial charge in [-0.2, -0.15) is 5.10 Å². The number of hydrogen-bond donors (Lipinski definition) is 1. The molecule has 1 aromatic carbocycles. The molecule has 27 heavy (non-hydrogen) atoms. The van der Waals surface area contributed by atoms with Crippen LogP contribution in [0, 0.1) is 13.8 Å². The van der Waals surface area contributed by atoms with E-state index in [9.17, 15) is 9.59 Å². The normalized spacial score (nSPS) is 14.4. The summed E-state index contributed by atoms with van der Waals surface area (Å²) in [5.74, 6) is -0.768. The average molecular weight is 367 g/mol. The van der Waals surface area contributed by atoms with Gasteiger partial charge in [-0.25, -0.2) is 4.68 Å². The lowest BCUT2D eigenvalue weighted by Crippen LogP contribution is -2.36. The topological polar surface area (TPSA) is 75.4 Å². The largest absolute Gasteiger partial charge is 0.481 e. The fourth-order valence-corrected chi connectivity index (χ4v) is 3.47. The number of hydrogen-bond acceptors (Lipinski definition) is 3. The van der Waals surface area contributed by atoms with Crippen molar-refractivity contribution in [1.29, 1.82) is 0 Å². The Kier molecular flexibility index (Phi) is 5.44. The molecule has 6 heteroatoms. The van der Waals surface area contributed by atoms with Crippen molar-refractivity contribution in [3.8, 4) is 5.69 Å². The average Bonchev–Trinajstić information content (AvgIpc) is 2.94. The van der Waals surface area contributed by atoms with Gasteiger partial charge in [0.1, 0.15) is 0 Å². The number of carboxylic acid groups (broad SMARTS) is 1. The van der Waals surface area contributed by atoms with Gasteiger partial charge in [0.25, 0.3) is 5.91 Å². The minimum atomic E-state index is -0.814. The van der Waals surface area contributed by atoms with Crippen LogP contribution in [0.2, 0.25) is 0 Å². The molecule has 0 bridgehead atoms. The molecule has 142 valence electrons. The van der Waals surface area contributed by atoms with Crippen molar-refractivity contribution in [2.75, 3.05) is 13.1 Å². The Labute approximate surface area is 159 Å². The monoisotopic (exact) mass is 367 g/mol. The first-order chi connectivity index (χ1) is 12.9. The Morgan fingerprint density at radius 3 is 2.37 bits per heavy atom. The number of benzene rings is 1. The number of carbonyl (C=O) groups excluding carboxylic acids is 1. The summed E-state index contributed by atoms with van der Waals surface area (Å²) < 4.78 is 1.81. The highest BCUT2D eigenvalue weighted by Crippen LogP contribution is 2.21. The highest BCUT2D eigenvalue weighted by Gasteiger charge is 2.20. The SMILES string of the molecule is C=C1CCN(C(=O)c2ccc(-n3nc(C)c(CCC(=O)O)c3C)cc2)CC1. The molecule has 1 aromatic heterocycles. The summed E-state index contributed by atoms with van der Waals surface area (Å²) in [6.45, 7) is 9.27. The Morgan fingerprint density at radius 1 is 1.15 bits per heavy atom. The molecule has 0 unspecified atom stereocenters. The predicted octanol–water partition coefficient (Wildman–Crippen LogP) is 3.30. The molecular formula is C21H25N3O3. The maximum atomic E-state index is 12.6. The smallest absolute Gasteiger partial charge is 0.303 e. The number of nitrogens with zero attached hydrogens (tertiary/aromatic N) is 3. The first-order valence-corrected chi connectivity index (χ1v) is 9.20. The van der Waals surface area contributed by atoms with Gasteiger partial charge in [-0.3, -0.25) is 9.59 Å². The molecule has 0 saturated carbocycles. The molecule has 1 fully saturated rings. The van der Waals surface area contributed by atoms with Gasteiger partial charge in [-0.15, -0.1) is 0 Å². The number of carboxylic acids is 1. The van der Waals surface area contributed by atoms with E-state index in [0.717, 1.165) is 48.6 Å². The molecule has 2 aromatic rings. The van der Waals surface area contributed by atoms with Crippen molar-refractivity contribution in [2.24, 2.45) is 0 Å². The van der Waals surface area contributed by atoms with E-state index in [1.807, 2.05) is 47.7 Å². The van der Waals surface area contributed by atoms with E-state index in [-0.39, 0.29) is 12.3 Å². The molecule has 0 atom stereocenters. The number of rotatable bonds is 5. The third-order valence-corrected chi connectivity index (χ3v) is 5.15. The minimum absolute atomic E-state index is 0.0459. The van der Waals surface area contributed by atoms with E-state index in [1.165, 1.54) is 5.57 Å². The number of piperidine rings is 1. The lowest BCUT2D eigenvalue weighted by atomic mass is 10.0. The van der Waals surface area contributed by atoms with Gasteiger partial charge < -0.3 is 10.0 Å². The van der Waals surface area contributed by atoms with Crippen LogP contribution in [0.1, 0.15) is 46.6 Å². The zero-order valence-corrected chi connectivity index (χ0v) is 15.9. The second-order valence-electron chi connectivity index (χ2n) is 7.04. The lowest BCUT2D eigenvalue weighted by molar-refractivity contribution is -0.136. The van der Waals surface area contributed by atoms with Crippen molar-refractivity contribution in [1.82, 2.24) is 14.7 Å². The molecular weight excluding hydrogens is 342 g/mol. The number of aliphatic carboxylic acids is 1. The molecule has 1 aliphatic rings. The molecule has 0 radical (unpaired) electrons. The van der Waals surface area contributed by atoms with Gasteiger partial charge in [0, 0.05) is 30.8 Å². The van der Waals surface area contributed by atoms with E-state index in [1.54, 1.807) is 0 Å². The third-order valence-electron chi connectivity index (χ3n) is 5.15. The van der Waals surface area contributed by atoms with Crippen LogP contribution in [0.4, 0.5) is 0 Å². The van der Waals surface area contributed by atoms with E-state index < -0.39 is 5.97 Å². The Bertz CT molecular complexity index is 871. The second kappa shape index (κ2) is 7.78. The van der Waals surface area contributed by atoms with E-state index in [4.69, 9.17) is 5.11 Å². The molecule has 1 amide bonds. The Balaban J connectivity index is 1.77. The number of carbonyl (C=O) groups is 2. The molecule has 1 saturated heterocycles. The van der Waals surface area contributed by atoms with E-state index in [2.05, 4.69) is 11.7 Å². The van der Waals surface area contributed by atoms with Gasteiger partial charge in [0.2, 0.25) is 0 Å². The Hall–Kier alpha value is -2.89. The quantitative estimate of drug-likeness (QED) is 0.823. The highest BCUT2D eigenvalue weighted by atomic mass is 16.4. The van der Waals surface area contributed by atoms with Gasteiger partial charge >= 0.3 is 5.97 Å². The zero-order chi connectivity index (χ0) is 19.6. The van der Waals surface area contributed by atoms with Gasteiger partial charge in [-0.05, 0) is 62.9 Å². The second-order valence-corrected chi connectivity index (χ2v) is 7.04. The zero-order valence-electron chi connectivity index (χ0n) is 15.9. The maximum absolute atomic E-state index is 12.6. The van der Waals surface area contributed by atoms with Crippen molar-refractivity contribution >= 4 is 11.9 Å². The third kappa shape index (κ3) is 4.10. The fourth-order valence-electron chi connectivity index (χ4n) is 3.47. The summed E-state index contributed by atoms with van der Waals surface area (Å²) in [4.78, 5) is 25.4. The fraction of sp³-hybridized carbons (Fsp3) is 0.381. The van der Waals surface area contributed by atoms with Crippen LogP contribution in [0.5, 0.6) is 0 Å². The number of amides is 1.